The fraction of sp³-hybridized carbons (Fsp3) is 0.100. The number of amides is 3. The van der Waals surface area contributed by atoms with Crippen LogP contribution in [0, 0.1) is 10.1 Å². The van der Waals surface area contributed by atoms with E-state index in [4.69, 9.17) is 4.74 Å². The van der Waals surface area contributed by atoms with Crippen LogP contribution < -0.4 is 10.1 Å². The lowest BCUT2D eigenvalue weighted by Gasteiger charge is -2.09. The number of benzene rings is 2. The molecule has 0 unspecified atom stereocenters. The molecule has 148 valence electrons. The lowest BCUT2D eigenvalue weighted by atomic mass is 10.2. The highest BCUT2D eigenvalue weighted by Gasteiger charge is 2.32. The van der Waals surface area contributed by atoms with E-state index in [1.165, 1.54) is 18.2 Å². The lowest BCUT2D eigenvalue weighted by molar-refractivity contribution is -0.384. The first-order valence-electron chi connectivity index (χ1n) is 8.50. The van der Waals surface area contributed by atoms with Crippen LogP contribution in [0.25, 0.3) is 6.08 Å². The van der Waals surface area contributed by atoms with Gasteiger partial charge in [0, 0.05) is 18.7 Å². The first kappa shape index (κ1) is 20.3. The molecule has 0 spiro atoms. The molecule has 1 heterocycles. The first-order valence-corrected chi connectivity index (χ1v) is 9.29. The van der Waals surface area contributed by atoms with Gasteiger partial charge in [-0.2, -0.15) is 0 Å². The Morgan fingerprint density at radius 2 is 1.93 bits per heavy atom. The number of urea groups is 1. The van der Waals surface area contributed by atoms with E-state index in [0.29, 0.717) is 15.8 Å². The minimum Gasteiger partial charge on any atom is -0.488 e. The number of halogens is 1. The zero-order chi connectivity index (χ0) is 21.0. The van der Waals surface area contributed by atoms with Gasteiger partial charge in [-0.15, -0.1) is 6.58 Å². The molecule has 0 atom stereocenters. The summed E-state index contributed by atoms with van der Waals surface area (Å²) in [6.07, 6.45) is 3.06. The zero-order valence-electron chi connectivity index (χ0n) is 15.1. The van der Waals surface area contributed by atoms with Crippen molar-refractivity contribution in [2.75, 3.05) is 6.54 Å². The Kier molecular flexibility index (Phi) is 6.08. The van der Waals surface area contributed by atoms with Gasteiger partial charge in [0.25, 0.3) is 11.6 Å². The molecule has 1 saturated heterocycles. The van der Waals surface area contributed by atoms with Crippen LogP contribution in [-0.4, -0.2) is 28.3 Å². The second-order valence-electron chi connectivity index (χ2n) is 6.09. The van der Waals surface area contributed by atoms with Gasteiger partial charge in [0.05, 0.1) is 9.40 Å². The molecule has 1 fully saturated rings. The minimum absolute atomic E-state index is 0.0209. The molecular weight excluding hydrogens is 442 g/mol. The van der Waals surface area contributed by atoms with Gasteiger partial charge < -0.3 is 10.1 Å². The van der Waals surface area contributed by atoms with E-state index in [0.717, 1.165) is 10.5 Å². The molecule has 8 nitrogen and oxygen atoms in total. The number of rotatable bonds is 7. The van der Waals surface area contributed by atoms with E-state index < -0.39 is 16.9 Å². The van der Waals surface area contributed by atoms with Crippen LogP contribution in [0.3, 0.4) is 0 Å². The monoisotopic (exact) mass is 457 g/mol. The number of carbonyl (C=O) groups excluding carboxylic acids is 2. The quantitative estimate of drug-likeness (QED) is 0.222. The number of non-ortho nitro benzene ring substituents is 1. The molecule has 1 aliphatic heterocycles. The number of imide groups is 1. The normalized spacial score (nSPS) is 14.8. The third-order valence-electron chi connectivity index (χ3n) is 4.08. The molecule has 9 heteroatoms. The molecule has 2 aromatic rings. The van der Waals surface area contributed by atoms with E-state index in [2.05, 4.69) is 27.8 Å². The maximum absolute atomic E-state index is 12.2. The highest BCUT2D eigenvalue weighted by Crippen LogP contribution is 2.28. The Bertz CT molecular complexity index is 1020. The number of nitro benzene ring substituents is 1. The van der Waals surface area contributed by atoms with Crippen LogP contribution in [0.2, 0.25) is 0 Å². The molecule has 29 heavy (non-hydrogen) atoms. The second kappa shape index (κ2) is 8.70. The average Bonchev–Trinajstić information content (AvgIpc) is 2.95. The van der Waals surface area contributed by atoms with E-state index in [1.54, 1.807) is 36.4 Å². The molecule has 0 aliphatic carbocycles. The molecule has 2 aromatic carbocycles. The minimum atomic E-state index is -0.483. The van der Waals surface area contributed by atoms with Crippen molar-refractivity contribution in [3.05, 3.63) is 86.5 Å². The number of nitrogens with one attached hydrogen (secondary N) is 1. The summed E-state index contributed by atoms with van der Waals surface area (Å²) in [6.45, 7) is 3.91. The molecule has 3 rings (SSSR count). The molecule has 1 aliphatic rings. The van der Waals surface area contributed by atoms with Gasteiger partial charge in [-0.25, -0.2) is 4.79 Å². The van der Waals surface area contributed by atoms with Crippen molar-refractivity contribution in [1.29, 1.82) is 0 Å². The fourth-order valence-corrected chi connectivity index (χ4v) is 3.14. The van der Waals surface area contributed by atoms with E-state index in [-0.39, 0.29) is 24.5 Å². The van der Waals surface area contributed by atoms with E-state index in [1.807, 2.05) is 0 Å². The van der Waals surface area contributed by atoms with Gasteiger partial charge in [-0.05, 0) is 57.4 Å². The molecule has 0 radical (unpaired) electrons. The Labute approximate surface area is 174 Å². The standard InChI is InChI=1S/C20H16BrN3O5/c1-2-9-23-19(25)17(22-20(23)26)11-14-5-8-18(16(21)10-14)29-12-13-3-6-15(7-4-13)24(27)28/h2-8,10-11H,1,9,12H2,(H,22,26)/b17-11+. The summed E-state index contributed by atoms with van der Waals surface area (Å²) >= 11 is 3.42. The number of hydrogen-bond donors (Lipinski definition) is 1. The van der Waals surface area contributed by atoms with Crippen LogP contribution in [0.5, 0.6) is 5.75 Å². The Balaban J connectivity index is 1.69. The predicted molar refractivity (Wildman–Crippen MR) is 110 cm³/mol. The van der Waals surface area contributed by atoms with E-state index >= 15 is 0 Å². The molecule has 3 amide bonds. The maximum atomic E-state index is 12.2. The maximum Gasteiger partial charge on any atom is 0.329 e. The highest BCUT2D eigenvalue weighted by atomic mass is 79.9. The van der Waals surface area contributed by atoms with Gasteiger partial charge in [-0.3, -0.25) is 19.8 Å². The summed E-state index contributed by atoms with van der Waals surface area (Å²) in [5.41, 5.74) is 1.69. The van der Waals surface area contributed by atoms with Crippen LogP contribution in [-0.2, 0) is 11.4 Å². The third kappa shape index (κ3) is 4.69. The molecule has 0 saturated carbocycles. The smallest absolute Gasteiger partial charge is 0.329 e. The molecule has 0 bridgehead atoms. The summed E-state index contributed by atoms with van der Waals surface area (Å²) in [4.78, 5) is 35.4. The Morgan fingerprint density at radius 3 is 2.55 bits per heavy atom. The number of nitro groups is 1. The van der Waals surface area contributed by atoms with E-state index in [9.17, 15) is 19.7 Å². The summed E-state index contributed by atoms with van der Waals surface area (Å²) in [5.74, 6) is 0.157. The van der Waals surface area contributed by atoms with Gasteiger partial charge in [0.15, 0.2) is 0 Å². The van der Waals surface area contributed by atoms with Crippen molar-refractivity contribution in [1.82, 2.24) is 10.2 Å². The van der Waals surface area contributed by atoms with Gasteiger partial charge in [0.1, 0.15) is 18.1 Å². The predicted octanol–water partition coefficient (Wildman–Crippen LogP) is 4.02. The fourth-order valence-electron chi connectivity index (χ4n) is 2.63. The summed E-state index contributed by atoms with van der Waals surface area (Å²) in [7, 11) is 0. The highest BCUT2D eigenvalue weighted by molar-refractivity contribution is 9.10. The van der Waals surface area contributed by atoms with Crippen molar-refractivity contribution in [3.63, 3.8) is 0 Å². The van der Waals surface area contributed by atoms with Crippen molar-refractivity contribution in [3.8, 4) is 5.75 Å². The van der Waals surface area contributed by atoms with Gasteiger partial charge >= 0.3 is 6.03 Å². The SMILES string of the molecule is C=CCN1C(=O)N/C(=C/c2ccc(OCc3ccc([N+](=O)[O-])cc3)c(Br)c2)C1=O. The van der Waals surface area contributed by atoms with Crippen LogP contribution in [0.15, 0.2) is 65.3 Å². The molecular formula is C20H16BrN3O5. The van der Waals surface area contributed by atoms with Crippen LogP contribution in [0.1, 0.15) is 11.1 Å². The number of nitrogens with zero attached hydrogens (tertiary/aromatic N) is 2. The van der Waals surface area contributed by atoms with Crippen LogP contribution >= 0.6 is 15.9 Å². The zero-order valence-corrected chi connectivity index (χ0v) is 16.7. The number of carbonyl (C=O) groups is 2. The Morgan fingerprint density at radius 1 is 1.21 bits per heavy atom. The number of hydrogen-bond acceptors (Lipinski definition) is 5. The summed E-state index contributed by atoms with van der Waals surface area (Å²) in [6, 6.07) is 10.9. The summed E-state index contributed by atoms with van der Waals surface area (Å²) < 4.78 is 6.40. The molecule has 1 N–H and O–H groups in total. The van der Waals surface area contributed by atoms with Crippen molar-refractivity contribution < 1.29 is 19.2 Å². The average molecular weight is 458 g/mol. The lowest BCUT2D eigenvalue weighted by Crippen LogP contribution is -2.30. The first-order chi connectivity index (χ1) is 13.9. The van der Waals surface area contributed by atoms with Gasteiger partial charge in [0.2, 0.25) is 0 Å². The largest absolute Gasteiger partial charge is 0.488 e. The number of ether oxygens (including phenoxy) is 1. The summed E-state index contributed by atoms with van der Waals surface area (Å²) in [5, 5.41) is 13.2. The van der Waals surface area contributed by atoms with Gasteiger partial charge in [-0.1, -0.05) is 12.1 Å². The Hall–Kier alpha value is -3.46. The van der Waals surface area contributed by atoms with Crippen molar-refractivity contribution in [2.45, 2.75) is 6.61 Å². The third-order valence-corrected chi connectivity index (χ3v) is 4.70. The van der Waals surface area contributed by atoms with Crippen LogP contribution in [0.4, 0.5) is 10.5 Å². The van der Waals surface area contributed by atoms with Crippen molar-refractivity contribution >= 4 is 39.6 Å². The molecule has 0 aromatic heterocycles. The van der Waals surface area contributed by atoms with Crippen molar-refractivity contribution in [2.24, 2.45) is 0 Å². The second-order valence-corrected chi connectivity index (χ2v) is 6.95. The topological polar surface area (TPSA) is 102 Å².